The van der Waals surface area contributed by atoms with Crippen molar-refractivity contribution in [3.05, 3.63) is 46.3 Å². The van der Waals surface area contributed by atoms with Gasteiger partial charge in [-0.1, -0.05) is 12.1 Å². The predicted molar refractivity (Wildman–Crippen MR) is 122 cm³/mol. The lowest BCUT2D eigenvalue weighted by molar-refractivity contribution is 0.172. The fourth-order valence-electron chi connectivity index (χ4n) is 3.30. The summed E-state index contributed by atoms with van der Waals surface area (Å²) in [5.41, 5.74) is 5.86. The second-order valence-electron chi connectivity index (χ2n) is 7.45. The van der Waals surface area contributed by atoms with Gasteiger partial charge in [0.25, 0.3) is 0 Å². The van der Waals surface area contributed by atoms with Gasteiger partial charge in [0.2, 0.25) is 0 Å². The third kappa shape index (κ3) is 7.06. The lowest BCUT2D eigenvalue weighted by Gasteiger charge is -2.14. The maximum Gasteiger partial charge on any atom is 0.191 e. The summed E-state index contributed by atoms with van der Waals surface area (Å²) in [6.07, 6.45) is 1.78. The van der Waals surface area contributed by atoms with Crippen LogP contribution in [-0.2, 0) is 24.8 Å². The molecular weight excluding hydrogens is 378 g/mol. The molecule has 1 heterocycles. The normalized spacial score (nSPS) is 11.6. The Bertz CT molecular complexity index is 829. The zero-order valence-corrected chi connectivity index (χ0v) is 19.3. The molecule has 0 amide bonds. The Morgan fingerprint density at radius 1 is 1.17 bits per heavy atom. The first-order valence-electron chi connectivity index (χ1n) is 10.7. The van der Waals surface area contributed by atoms with Crippen LogP contribution < -0.4 is 15.4 Å². The summed E-state index contributed by atoms with van der Waals surface area (Å²) in [7, 11) is 3.69. The van der Waals surface area contributed by atoms with Gasteiger partial charge in [0, 0.05) is 51.5 Å². The first-order chi connectivity index (χ1) is 14.5. The summed E-state index contributed by atoms with van der Waals surface area (Å²) in [4.78, 5) is 4.77. The molecular formula is C23H37N5O2. The highest BCUT2D eigenvalue weighted by molar-refractivity contribution is 5.79. The van der Waals surface area contributed by atoms with E-state index in [4.69, 9.17) is 14.5 Å². The van der Waals surface area contributed by atoms with Crippen LogP contribution in [0.25, 0.3) is 0 Å². The summed E-state index contributed by atoms with van der Waals surface area (Å²) < 4.78 is 13.0. The van der Waals surface area contributed by atoms with Crippen LogP contribution in [0.1, 0.15) is 41.4 Å². The van der Waals surface area contributed by atoms with Gasteiger partial charge in [0.05, 0.1) is 18.8 Å². The SMILES string of the molecule is CCNC(=NCc1ccc(C)cc1OCCCOC)NCCc1c(C)nn(C)c1C. The molecule has 0 aliphatic rings. The number of nitrogens with zero attached hydrogens (tertiary/aromatic N) is 3. The maximum absolute atomic E-state index is 5.98. The topological polar surface area (TPSA) is 72.7 Å². The van der Waals surface area contributed by atoms with Crippen molar-refractivity contribution in [2.75, 3.05) is 33.4 Å². The van der Waals surface area contributed by atoms with Gasteiger partial charge < -0.3 is 20.1 Å². The summed E-state index contributed by atoms with van der Waals surface area (Å²) in [5, 5.41) is 11.3. The predicted octanol–water partition coefficient (Wildman–Crippen LogP) is 3.06. The molecule has 0 fully saturated rings. The standard InChI is InChI=1S/C23H37N5O2/c1-7-24-23(25-12-11-21-18(3)27-28(5)19(21)4)26-16-20-10-9-17(2)15-22(20)30-14-8-13-29-6/h9-10,15H,7-8,11-14,16H2,1-6H3,(H2,24,25,26). The van der Waals surface area contributed by atoms with Gasteiger partial charge in [-0.25, -0.2) is 4.99 Å². The maximum atomic E-state index is 5.98. The molecule has 0 spiro atoms. The van der Waals surface area contributed by atoms with Gasteiger partial charge >= 0.3 is 0 Å². The van der Waals surface area contributed by atoms with E-state index < -0.39 is 0 Å². The number of hydrogen-bond donors (Lipinski definition) is 2. The largest absolute Gasteiger partial charge is 0.493 e. The van der Waals surface area contributed by atoms with Crippen LogP contribution >= 0.6 is 0 Å². The fraction of sp³-hybridized carbons (Fsp3) is 0.565. The van der Waals surface area contributed by atoms with Crippen molar-refractivity contribution < 1.29 is 9.47 Å². The van der Waals surface area contributed by atoms with Gasteiger partial charge in [0.1, 0.15) is 5.75 Å². The third-order valence-electron chi connectivity index (χ3n) is 5.05. The molecule has 1 aromatic carbocycles. The lowest BCUT2D eigenvalue weighted by atomic mass is 10.1. The Kier molecular flexibility index (Phi) is 9.67. The molecule has 0 bridgehead atoms. The lowest BCUT2D eigenvalue weighted by Crippen LogP contribution is -2.38. The highest BCUT2D eigenvalue weighted by atomic mass is 16.5. The van der Waals surface area contributed by atoms with Crippen molar-refractivity contribution in [3.8, 4) is 5.75 Å². The van der Waals surface area contributed by atoms with Crippen molar-refractivity contribution >= 4 is 5.96 Å². The van der Waals surface area contributed by atoms with Crippen LogP contribution in [-0.4, -0.2) is 49.2 Å². The molecule has 30 heavy (non-hydrogen) atoms. The van der Waals surface area contributed by atoms with E-state index in [9.17, 15) is 0 Å². The Hall–Kier alpha value is -2.54. The van der Waals surface area contributed by atoms with E-state index in [2.05, 4.69) is 61.6 Å². The van der Waals surface area contributed by atoms with Crippen LogP contribution in [0.15, 0.2) is 23.2 Å². The van der Waals surface area contributed by atoms with E-state index in [0.717, 1.165) is 48.9 Å². The summed E-state index contributed by atoms with van der Waals surface area (Å²) in [5.74, 6) is 1.70. The van der Waals surface area contributed by atoms with E-state index in [0.29, 0.717) is 19.8 Å². The van der Waals surface area contributed by atoms with Gasteiger partial charge in [-0.2, -0.15) is 5.10 Å². The molecule has 0 aliphatic carbocycles. The number of nitrogens with one attached hydrogen (secondary N) is 2. The van der Waals surface area contributed by atoms with Crippen molar-refractivity contribution in [2.24, 2.45) is 12.0 Å². The summed E-state index contributed by atoms with van der Waals surface area (Å²) in [6, 6.07) is 6.27. The Morgan fingerprint density at radius 3 is 2.63 bits per heavy atom. The third-order valence-corrected chi connectivity index (χ3v) is 5.05. The first kappa shape index (κ1) is 23.7. The Labute approximate surface area is 180 Å². The fourth-order valence-corrected chi connectivity index (χ4v) is 3.30. The number of benzene rings is 1. The quantitative estimate of drug-likeness (QED) is 0.335. The smallest absolute Gasteiger partial charge is 0.191 e. The molecule has 0 atom stereocenters. The second-order valence-corrected chi connectivity index (χ2v) is 7.45. The first-order valence-corrected chi connectivity index (χ1v) is 10.7. The molecule has 7 heteroatoms. The monoisotopic (exact) mass is 415 g/mol. The van der Waals surface area contributed by atoms with Crippen molar-refractivity contribution in [1.82, 2.24) is 20.4 Å². The van der Waals surface area contributed by atoms with Crippen LogP contribution in [0.5, 0.6) is 5.75 Å². The van der Waals surface area contributed by atoms with Crippen LogP contribution in [0, 0.1) is 20.8 Å². The van der Waals surface area contributed by atoms with Crippen LogP contribution in [0.2, 0.25) is 0 Å². The zero-order valence-electron chi connectivity index (χ0n) is 19.3. The van der Waals surface area contributed by atoms with Gasteiger partial charge in [-0.15, -0.1) is 0 Å². The molecule has 0 aliphatic heterocycles. The number of guanidine groups is 1. The van der Waals surface area contributed by atoms with E-state index in [1.807, 2.05) is 11.7 Å². The van der Waals surface area contributed by atoms with Gasteiger partial charge in [-0.3, -0.25) is 4.68 Å². The number of aromatic nitrogens is 2. The Balaban J connectivity index is 1.99. The molecule has 2 N–H and O–H groups in total. The van der Waals surface area contributed by atoms with E-state index in [-0.39, 0.29) is 0 Å². The van der Waals surface area contributed by atoms with E-state index in [1.54, 1.807) is 7.11 Å². The number of rotatable bonds is 11. The highest BCUT2D eigenvalue weighted by Gasteiger charge is 2.09. The molecule has 0 saturated carbocycles. The molecule has 0 saturated heterocycles. The molecule has 0 radical (unpaired) electrons. The highest BCUT2D eigenvalue weighted by Crippen LogP contribution is 2.21. The molecule has 1 aromatic heterocycles. The summed E-state index contributed by atoms with van der Waals surface area (Å²) in [6.45, 7) is 11.8. The number of aryl methyl sites for hydroxylation is 3. The van der Waals surface area contributed by atoms with Crippen molar-refractivity contribution in [2.45, 2.75) is 47.1 Å². The minimum atomic E-state index is 0.556. The average molecular weight is 416 g/mol. The molecule has 2 rings (SSSR count). The van der Waals surface area contributed by atoms with Crippen LogP contribution in [0.4, 0.5) is 0 Å². The Morgan fingerprint density at radius 2 is 1.97 bits per heavy atom. The second kappa shape index (κ2) is 12.2. The van der Waals surface area contributed by atoms with Crippen LogP contribution in [0.3, 0.4) is 0 Å². The van der Waals surface area contributed by atoms with E-state index in [1.165, 1.54) is 16.8 Å². The van der Waals surface area contributed by atoms with Gasteiger partial charge in [-0.05, 0) is 51.3 Å². The number of ether oxygens (including phenoxy) is 2. The van der Waals surface area contributed by atoms with Crippen molar-refractivity contribution in [3.63, 3.8) is 0 Å². The minimum absolute atomic E-state index is 0.556. The average Bonchev–Trinajstić information content (AvgIpc) is 2.96. The number of methoxy groups -OCH3 is 1. The molecule has 166 valence electrons. The van der Waals surface area contributed by atoms with Crippen molar-refractivity contribution in [1.29, 1.82) is 0 Å². The molecule has 7 nitrogen and oxygen atoms in total. The zero-order chi connectivity index (χ0) is 21.9. The molecule has 0 unspecified atom stereocenters. The van der Waals surface area contributed by atoms with E-state index >= 15 is 0 Å². The molecule has 2 aromatic rings. The number of hydrogen-bond acceptors (Lipinski definition) is 4. The minimum Gasteiger partial charge on any atom is -0.493 e. The van der Waals surface area contributed by atoms with Gasteiger partial charge in [0.15, 0.2) is 5.96 Å². The number of aliphatic imine (C=N–C) groups is 1. The summed E-state index contributed by atoms with van der Waals surface area (Å²) >= 11 is 0.